The molecule has 3 rings (SSSR count). The number of halogens is 1. The topological polar surface area (TPSA) is 44.2 Å². The maximum atomic E-state index is 14.3. The third-order valence-corrected chi connectivity index (χ3v) is 5.55. The maximum Gasteiger partial charge on any atom is 0.258 e. The van der Waals surface area contributed by atoms with Crippen LogP contribution in [-0.4, -0.2) is 23.2 Å². The van der Waals surface area contributed by atoms with E-state index in [1.807, 2.05) is 24.3 Å². The van der Waals surface area contributed by atoms with Gasteiger partial charge in [0.2, 0.25) is 0 Å². The van der Waals surface area contributed by atoms with Gasteiger partial charge in [0, 0.05) is 5.56 Å². The number of benzene rings is 1. The second-order valence-corrected chi connectivity index (χ2v) is 8.28. The van der Waals surface area contributed by atoms with Crippen molar-refractivity contribution < 1.29 is 13.9 Å². The molecule has 4 nitrogen and oxygen atoms in total. The molecule has 1 saturated carbocycles. The Labute approximate surface area is 180 Å². The van der Waals surface area contributed by atoms with E-state index in [-0.39, 0.29) is 5.75 Å². The first-order valence-electron chi connectivity index (χ1n) is 11.6. The van der Waals surface area contributed by atoms with Crippen LogP contribution in [0.1, 0.15) is 77.6 Å². The van der Waals surface area contributed by atoms with Crippen LogP contribution in [0, 0.1) is 11.9 Å². The summed E-state index contributed by atoms with van der Waals surface area (Å²) < 4.78 is 25.6. The normalized spacial score (nSPS) is 13.4. The molecule has 0 N–H and O–H groups in total. The molecule has 164 valence electrons. The minimum absolute atomic E-state index is 0.124. The third-order valence-electron chi connectivity index (χ3n) is 5.55. The van der Waals surface area contributed by atoms with Crippen molar-refractivity contribution in [2.45, 2.75) is 77.6 Å². The molecule has 0 radical (unpaired) electrons. The van der Waals surface area contributed by atoms with Crippen LogP contribution in [-0.2, 0) is 0 Å². The summed E-state index contributed by atoms with van der Waals surface area (Å²) in [7, 11) is 0. The second kappa shape index (κ2) is 12.5. The van der Waals surface area contributed by atoms with Gasteiger partial charge in [-0.2, -0.15) is 9.37 Å². The van der Waals surface area contributed by atoms with Gasteiger partial charge in [-0.15, -0.1) is 0 Å². The fourth-order valence-electron chi connectivity index (χ4n) is 3.48. The van der Waals surface area contributed by atoms with Crippen molar-refractivity contribution >= 4 is 0 Å². The zero-order valence-corrected chi connectivity index (χ0v) is 18.2. The highest BCUT2D eigenvalue weighted by molar-refractivity contribution is 5.56. The Morgan fingerprint density at radius 2 is 1.60 bits per heavy atom. The highest BCUT2D eigenvalue weighted by Gasteiger charge is 2.19. The molecule has 0 amide bonds. The lowest BCUT2D eigenvalue weighted by molar-refractivity contribution is 0.284. The largest absolute Gasteiger partial charge is 0.494 e. The molecule has 0 unspecified atom stereocenters. The van der Waals surface area contributed by atoms with Crippen molar-refractivity contribution in [2.75, 3.05) is 13.2 Å². The highest BCUT2D eigenvalue weighted by Crippen LogP contribution is 2.33. The predicted octanol–water partition coefficient (Wildman–Crippen LogP) is 6.98. The minimum atomic E-state index is -0.609. The van der Waals surface area contributed by atoms with Crippen molar-refractivity contribution in [1.82, 2.24) is 9.97 Å². The molecule has 0 saturated heterocycles. The maximum absolute atomic E-state index is 14.3. The smallest absolute Gasteiger partial charge is 0.258 e. The fraction of sp³-hybridized carbons (Fsp3) is 0.600. The number of ether oxygens (including phenoxy) is 2. The summed E-state index contributed by atoms with van der Waals surface area (Å²) in [5.74, 6) is 1.68. The van der Waals surface area contributed by atoms with E-state index in [0.29, 0.717) is 12.4 Å². The number of aromatic nitrogens is 2. The number of unbranched alkanes of at least 4 members (excludes halogenated alkanes) is 6. The predicted molar refractivity (Wildman–Crippen MR) is 118 cm³/mol. The van der Waals surface area contributed by atoms with Gasteiger partial charge in [-0.1, -0.05) is 58.3 Å². The van der Waals surface area contributed by atoms with Gasteiger partial charge >= 0.3 is 0 Å². The van der Waals surface area contributed by atoms with Crippen LogP contribution in [0.5, 0.6) is 11.5 Å². The van der Waals surface area contributed by atoms with Crippen LogP contribution in [0.2, 0.25) is 0 Å². The van der Waals surface area contributed by atoms with E-state index in [2.05, 4.69) is 16.9 Å². The van der Waals surface area contributed by atoms with Gasteiger partial charge in [0.1, 0.15) is 5.75 Å². The number of rotatable bonds is 15. The summed E-state index contributed by atoms with van der Waals surface area (Å²) in [5.41, 5.74) is 0.762. The van der Waals surface area contributed by atoms with E-state index in [9.17, 15) is 4.39 Å². The molecule has 0 aliphatic heterocycles. The summed E-state index contributed by atoms with van der Waals surface area (Å²) in [5, 5.41) is 0. The Morgan fingerprint density at radius 1 is 0.900 bits per heavy atom. The minimum Gasteiger partial charge on any atom is -0.494 e. The summed E-state index contributed by atoms with van der Waals surface area (Å²) in [4.78, 5) is 8.25. The SMILES string of the molecule is CCCCCCCCOc1cnc(-c2ccc(OCCCCC3CC3)cc2)nc1F. The zero-order valence-electron chi connectivity index (χ0n) is 18.2. The molecular weight excluding hydrogens is 379 g/mol. The molecule has 2 aromatic rings. The Balaban J connectivity index is 1.39. The lowest BCUT2D eigenvalue weighted by atomic mass is 10.1. The van der Waals surface area contributed by atoms with Crippen molar-refractivity contribution in [3.05, 3.63) is 36.4 Å². The Bertz CT molecular complexity index is 747. The molecular formula is C25H35FN2O2. The van der Waals surface area contributed by atoms with Crippen molar-refractivity contribution in [3.8, 4) is 22.9 Å². The average molecular weight is 415 g/mol. The first kappa shape index (κ1) is 22.5. The first-order valence-corrected chi connectivity index (χ1v) is 11.6. The van der Waals surface area contributed by atoms with E-state index in [1.165, 1.54) is 57.6 Å². The fourth-order valence-corrected chi connectivity index (χ4v) is 3.48. The molecule has 5 heteroatoms. The van der Waals surface area contributed by atoms with Crippen molar-refractivity contribution in [3.63, 3.8) is 0 Å². The molecule has 1 fully saturated rings. The average Bonchev–Trinajstić information content (AvgIpc) is 3.59. The van der Waals surface area contributed by atoms with Gasteiger partial charge in [0.05, 0.1) is 19.4 Å². The van der Waals surface area contributed by atoms with Gasteiger partial charge in [-0.3, -0.25) is 0 Å². The molecule has 1 aliphatic carbocycles. The van der Waals surface area contributed by atoms with Crippen LogP contribution in [0.15, 0.2) is 30.5 Å². The van der Waals surface area contributed by atoms with E-state index >= 15 is 0 Å². The lowest BCUT2D eigenvalue weighted by Crippen LogP contribution is -2.03. The Morgan fingerprint density at radius 3 is 2.33 bits per heavy atom. The van der Waals surface area contributed by atoms with E-state index in [0.717, 1.165) is 43.1 Å². The van der Waals surface area contributed by atoms with Crippen LogP contribution < -0.4 is 9.47 Å². The van der Waals surface area contributed by atoms with Crippen LogP contribution in [0.25, 0.3) is 11.4 Å². The summed E-state index contributed by atoms with van der Waals surface area (Å²) >= 11 is 0. The number of hydrogen-bond acceptors (Lipinski definition) is 4. The lowest BCUT2D eigenvalue weighted by Gasteiger charge is -2.09. The highest BCUT2D eigenvalue weighted by atomic mass is 19.1. The molecule has 1 aromatic carbocycles. The first-order chi connectivity index (χ1) is 14.8. The van der Waals surface area contributed by atoms with Gasteiger partial charge in [0.25, 0.3) is 5.95 Å². The molecule has 1 heterocycles. The van der Waals surface area contributed by atoms with Gasteiger partial charge in [-0.05, 0) is 49.4 Å². The van der Waals surface area contributed by atoms with Gasteiger partial charge < -0.3 is 9.47 Å². The number of nitrogens with zero attached hydrogens (tertiary/aromatic N) is 2. The summed E-state index contributed by atoms with van der Waals surface area (Å²) in [6.07, 6.45) is 14.9. The van der Waals surface area contributed by atoms with Crippen molar-refractivity contribution in [2.24, 2.45) is 5.92 Å². The van der Waals surface area contributed by atoms with Gasteiger partial charge in [-0.25, -0.2) is 4.98 Å². The molecule has 0 bridgehead atoms. The summed E-state index contributed by atoms with van der Waals surface area (Å²) in [6.45, 7) is 3.44. The van der Waals surface area contributed by atoms with Crippen LogP contribution in [0.4, 0.5) is 4.39 Å². The Hall–Kier alpha value is -2.17. The van der Waals surface area contributed by atoms with Crippen LogP contribution >= 0.6 is 0 Å². The van der Waals surface area contributed by atoms with E-state index in [4.69, 9.17) is 9.47 Å². The van der Waals surface area contributed by atoms with Crippen molar-refractivity contribution in [1.29, 1.82) is 0 Å². The standard InChI is InChI=1S/C25H35FN2O2/c1-2-3-4-5-6-8-18-30-23-19-27-25(28-24(23)26)21-13-15-22(16-14-21)29-17-9-7-10-20-11-12-20/h13-16,19-20H,2-12,17-18H2,1H3. The quantitative estimate of drug-likeness (QED) is 0.233. The second-order valence-electron chi connectivity index (χ2n) is 8.28. The molecule has 1 aliphatic rings. The van der Waals surface area contributed by atoms with E-state index < -0.39 is 5.95 Å². The molecule has 0 atom stereocenters. The van der Waals surface area contributed by atoms with Crippen LogP contribution in [0.3, 0.4) is 0 Å². The number of hydrogen-bond donors (Lipinski definition) is 0. The monoisotopic (exact) mass is 414 g/mol. The molecule has 30 heavy (non-hydrogen) atoms. The third kappa shape index (κ3) is 7.92. The van der Waals surface area contributed by atoms with E-state index in [1.54, 1.807) is 0 Å². The zero-order chi connectivity index (χ0) is 21.0. The van der Waals surface area contributed by atoms with Gasteiger partial charge in [0.15, 0.2) is 11.6 Å². The Kier molecular flexibility index (Phi) is 9.39. The summed E-state index contributed by atoms with van der Waals surface area (Å²) in [6, 6.07) is 7.51. The molecule has 1 aromatic heterocycles. The molecule has 0 spiro atoms.